The Hall–Kier alpha value is -2.93. The normalized spacial score (nSPS) is 11.0. The maximum Gasteiger partial charge on any atom is 0.216 e. The molecule has 0 radical (unpaired) electrons. The molecule has 25 heavy (non-hydrogen) atoms. The summed E-state index contributed by atoms with van der Waals surface area (Å²) < 4.78 is 12.6. The lowest BCUT2D eigenvalue weighted by Crippen LogP contribution is -1.97. The van der Waals surface area contributed by atoms with Crippen LogP contribution in [0.15, 0.2) is 47.6 Å². The molecule has 1 N–H and O–H groups in total. The third-order valence-electron chi connectivity index (χ3n) is 3.71. The van der Waals surface area contributed by atoms with Gasteiger partial charge in [0.1, 0.15) is 11.5 Å². The Labute approximate surface area is 150 Å². The van der Waals surface area contributed by atoms with Crippen LogP contribution in [0, 0.1) is 11.7 Å². The van der Waals surface area contributed by atoms with Crippen LogP contribution in [0.25, 0.3) is 11.4 Å². The molecular formula is C18H18N4O2S. The van der Waals surface area contributed by atoms with Crippen LogP contribution in [-0.2, 0) is 0 Å². The molecule has 0 fully saturated rings. The molecule has 3 rings (SSSR count). The minimum atomic E-state index is 0.416. The van der Waals surface area contributed by atoms with Gasteiger partial charge in [0, 0.05) is 17.2 Å². The summed E-state index contributed by atoms with van der Waals surface area (Å²) in [6, 6.07) is 13.5. The lowest BCUT2D eigenvalue weighted by molar-refractivity contribution is 0.394. The topological polar surface area (TPSA) is 64.4 Å². The Morgan fingerprint density at radius 2 is 1.88 bits per heavy atom. The minimum absolute atomic E-state index is 0.416. The van der Waals surface area contributed by atoms with E-state index in [0.717, 1.165) is 11.1 Å². The molecule has 128 valence electrons. The Bertz CT molecular complexity index is 958. The molecule has 0 aliphatic rings. The van der Waals surface area contributed by atoms with Crippen molar-refractivity contribution in [2.75, 3.05) is 14.2 Å². The summed E-state index contributed by atoms with van der Waals surface area (Å²) in [5.74, 6) is 2.03. The number of ether oxygens (including phenoxy) is 2. The van der Waals surface area contributed by atoms with Gasteiger partial charge in [0.2, 0.25) is 4.77 Å². The van der Waals surface area contributed by atoms with Gasteiger partial charge in [0.05, 0.1) is 20.4 Å². The predicted molar refractivity (Wildman–Crippen MR) is 100 cm³/mol. The van der Waals surface area contributed by atoms with E-state index in [1.165, 1.54) is 5.56 Å². The number of rotatable bonds is 5. The summed E-state index contributed by atoms with van der Waals surface area (Å²) >= 11 is 5.29. The second kappa shape index (κ2) is 7.31. The van der Waals surface area contributed by atoms with Crippen LogP contribution in [0.3, 0.4) is 0 Å². The SMILES string of the molecule is COc1ccc(C=Nn2c(-c3ccc(C)cc3)n[nH]c2=S)c(OC)c1. The lowest BCUT2D eigenvalue weighted by Gasteiger charge is -2.07. The number of methoxy groups -OCH3 is 2. The van der Waals surface area contributed by atoms with Gasteiger partial charge in [-0.3, -0.25) is 0 Å². The van der Waals surface area contributed by atoms with Crippen LogP contribution in [0.5, 0.6) is 11.5 Å². The number of aromatic amines is 1. The smallest absolute Gasteiger partial charge is 0.216 e. The first kappa shape index (κ1) is 16.9. The first-order valence-corrected chi connectivity index (χ1v) is 8.04. The summed E-state index contributed by atoms with van der Waals surface area (Å²) in [5.41, 5.74) is 2.91. The number of aromatic nitrogens is 3. The Morgan fingerprint density at radius 1 is 1.12 bits per heavy atom. The highest BCUT2D eigenvalue weighted by molar-refractivity contribution is 7.71. The Morgan fingerprint density at radius 3 is 2.56 bits per heavy atom. The molecule has 0 saturated carbocycles. The Kier molecular flexibility index (Phi) is 4.95. The third kappa shape index (κ3) is 3.61. The molecule has 0 atom stereocenters. The summed E-state index contributed by atoms with van der Waals surface area (Å²) in [5, 5.41) is 11.5. The maximum atomic E-state index is 5.39. The van der Waals surface area contributed by atoms with E-state index >= 15 is 0 Å². The van der Waals surface area contributed by atoms with E-state index in [2.05, 4.69) is 15.3 Å². The second-order valence-electron chi connectivity index (χ2n) is 5.38. The molecule has 7 heteroatoms. The van der Waals surface area contributed by atoms with E-state index in [4.69, 9.17) is 21.7 Å². The standard InChI is InChI=1S/C18H18N4O2S/c1-12-4-6-13(7-5-12)17-20-21-18(25)22(17)19-11-14-8-9-15(23-2)10-16(14)24-3/h4-11H,1-3H3,(H,21,25). The van der Waals surface area contributed by atoms with Crippen molar-refractivity contribution in [2.24, 2.45) is 5.10 Å². The van der Waals surface area contributed by atoms with E-state index < -0.39 is 0 Å². The Balaban J connectivity index is 1.99. The number of nitrogens with one attached hydrogen (secondary N) is 1. The van der Waals surface area contributed by atoms with Crippen LogP contribution in [-0.4, -0.2) is 35.3 Å². The van der Waals surface area contributed by atoms with Gasteiger partial charge in [0.15, 0.2) is 5.82 Å². The number of nitrogens with zero attached hydrogens (tertiary/aromatic N) is 3. The molecular weight excluding hydrogens is 336 g/mol. The molecule has 0 bridgehead atoms. The van der Waals surface area contributed by atoms with Crippen molar-refractivity contribution in [1.29, 1.82) is 0 Å². The lowest BCUT2D eigenvalue weighted by atomic mass is 10.1. The highest BCUT2D eigenvalue weighted by Gasteiger charge is 2.08. The van der Waals surface area contributed by atoms with Crippen molar-refractivity contribution in [2.45, 2.75) is 6.92 Å². The number of H-pyrrole nitrogens is 1. The molecule has 1 aromatic heterocycles. The summed E-state index contributed by atoms with van der Waals surface area (Å²) in [6.45, 7) is 2.04. The fraction of sp³-hybridized carbons (Fsp3) is 0.167. The summed E-state index contributed by atoms with van der Waals surface area (Å²) in [6.07, 6.45) is 1.68. The van der Waals surface area contributed by atoms with Crippen molar-refractivity contribution in [1.82, 2.24) is 14.9 Å². The van der Waals surface area contributed by atoms with Crippen molar-refractivity contribution in [3.8, 4) is 22.9 Å². The molecule has 1 heterocycles. The fourth-order valence-corrected chi connectivity index (χ4v) is 2.51. The van der Waals surface area contributed by atoms with Crippen LogP contribution in [0.1, 0.15) is 11.1 Å². The summed E-state index contributed by atoms with van der Waals surface area (Å²) in [7, 11) is 3.22. The quantitative estimate of drug-likeness (QED) is 0.559. The largest absolute Gasteiger partial charge is 0.497 e. The van der Waals surface area contributed by atoms with Crippen LogP contribution < -0.4 is 9.47 Å². The van der Waals surface area contributed by atoms with Crippen molar-refractivity contribution in [3.05, 3.63) is 58.4 Å². The van der Waals surface area contributed by atoms with Gasteiger partial charge in [-0.05, 0) is 31.3 Å². The van der Waals surface area contributed by atoms with Gasteiger partial charge < -0.3 is 9.47 Å². The first-order chi connectivity index (χ1) is 12.1. The minimum Gasteiger partial charge on any atom is -0.497 e. The summed E-state index contributed by atoms with van der Waals surface area (Å²) in [4.78, 5) is 0. The average Bonchev–Trinajstić information content (AvgIpc) is 3.01. The van der Waals surface area contributed by atoms with Gasteiger partial charge in [-0.2, -0.15) is 14.9 Å². The zero-order valence-electron chi connectivity index (χ0n) is 14.2. The zero-order valence-corrected chi connectivity index (χ0v) is 15.0. The number of hydrogen-bond acceptors (Lipinski definition) is 5. The van der Waals surface area contributed by atoms with E-state index in [0.29, 0.717) is 22.1 Å². The highest BCUT2D eigenvalue weighted by atomic mass is 32.1. The highest BCUT2D eigenvalue weighted by Crippen LogP contribution is 2.23. The number of benzene rings is 2. The number of aryl methyl sites for hydroxylation is 1. The molecule has 0 unspecified atom stereocenters. The third-order valence-corrected chi connectivity index (χ3v) is 3.98. The van der Waals surface area contributed by atoms with Gasteiger partial charge >= 0.3 is 0 Å². The van der Waals surface area contributed by atoms with E-state index in [-0.39, 0.29) is 0 Å². The van der Waals surface area contributed by atoms with Gasteiger partial charge in [-0.1, -0.05) is 29.8 Å². The molecule has 0 aliphatic carbocycles. The molecule has 0 amide bonds. The first-order valence-electron chi connectivity index (χ1n) is 7.63. The molecule has 3 aromatic rings. The van der Waals surface area contributed by atoms with E-state index in [1.807, 2.05) is 43.3 Å². The average molecular weight is 354 g/mol. The van der Waals surface area contributed by atoms with Gasteiger partial charge in [-0.25, -0.2) is 5.10 Å². The van der Waals surface area contributed by atoms with Crippen molar-refractivity contribution in [3.63, 3.8) is 0 Å². The number of hydrogen-bond donors (Lipinski definition) is 1. The zero-order chi connectivity index (χ0) is 17.8. The molecule has 0 saturated heterocycles. The molecule has 6 nitrogen and oxygen atoms in total. The van der Waals surface area contributed by atoms with Gasteiger partial charge in [-0.15, -0.1) is 0 Å². The molecule has 0 aliphatic heterocycles. The van der Waals surface area contributed by atoms with Crippen molar-refractivity contribution < 1.29 is 9.47 Å². The van der Waals surface area contributed by atoms with Crippen molar-refractivity contribution >= 4 is 18.4 Å². The molecule has 0 spiro atoms. The van der Waals surface area contributed by atoms with E-state index in [1.54, 1.807) is 31.2 Å². The molecule has 2 aromatic carbocycles. The van der Waals surface area contributed by atoms with Crippen LogP contribution in [0.4, 0.5) is 0 Å². The van der Waals surface area contributed by atoms with E-state index in [9.17, 15) is 0 Å². The van der Waals surface area contributed by atoms with Crippen LogP contribution in [0.2, 0.25) is 0 Å². The van der Waals surface area contributed by atoms with Gasteiger partial charge in [0.25, 0.3) is 0 Å². The van der Waals surface area contributed by atoms with Crippen LogP contribution >= 0.6 is 12.2 Å². The second-order valence-corrected chi connectivity index (χ2v) is 5.77. The fourth-order valence-electron chi connectivity index (χ4n) is 2.33. The maximum absolute atomic E-state index is 5.39. The monoisotopic (exact) mass is 354 g/mol. The predicted octanol–water partition coefficient (Wildman–Crippen LogP) is 3.82.